The number of hydrogen-bond donors (Lipinski definition) is 0. The minimum absolute atomic E-state index is 0.0846. The van der Waals surface area contributed by atoms with E-state index in [0.29, 0.717) is 17.4 Å². The summed E-state index contributed by atoms with van der Waals surface area (Å²) in [5.74, 6) is 1.28. The van der Waals surface area contributed by atoms with E-state index < -0.39 is 12.5 Å². The highest BCUT2D eigenvalue weighted by molar-refractivity contribution is 5.26. The lowest BCUT2D eigenvalue weighted by Crippen LogP contribution is -2.23. The van der Waals surface area contributed by atoms with Crippen molar-refractivity contribution in [3.63, 3.8) is 0 Å². The molecular weight excluding hydrogens is 390 g/mol. The quantitative estimate of drug-likeness (QED) is 0.351. The SMILES string of the molecule is C=CCCc1ccc(CC(F)(F)OCc2ccc(C3CCC(C=CC)CC3)cc2)cc1. The van der Waals surface area contributed by atoms with E-state index in [-0.39, 0.29) is 6.61 Å². The van der Waals surface area contributed by atoms with E-state index >= 15 is 0 Å². The van der Waals surface area contributed by atoms with Crippen molar-refractivity contribution in [2.24, 2.45) is 5.92 Å². The van der Waals surface area contributed by atoms with Crippen LogP contribution in [-0.4, -0.2) is 6.11 Å². The summed E-state index contributed by atoms with van der Waals surface area (Å²) in [7, 11) is 0. The predicted octanol–water partition coefficient (Wildman–Crippen LogP) is 8.01. The fourth-order valence-corrected chi connectivity index (χ4v) is 4.37. The Balaban J connectivity index is 1.48. The molecule has 0 amide bonds. The summed E-state index contributed by atoms with van der Waals surface area (Å²) in [6.07, 6.45) is 9.31. The zero-order valence-electron chi connectivity index (χ0n) is 18.5. The second kappa shape index (κ2) is 11.4. The largest absolute Gasteiger partial charge is 0.360 e. The van der Waals surface area contributed by atoms with Gasteiger partial charge >= 0.3 is 6.11 Å². The van der Waals surface area contributed by atoms with E-state index in [1.165, 1.54) is 31.2 Å². The molecule has 3 rings (SSSR count). The summed E-state index contributed by atoms with van der Waals surface area (Å²) in [6.45, 7) is 5.70. The van der Waals surface area contributed by atoms with Crippen LogP contribution in [0.1, 0.15) is 67.2 Å². The maximum atomic E-state index is 14.3. The normalized spacial score (nSPS) is 19.6. The minimum Gasteiger partial charge on any atom is -0.315 e. The standard InChI is InChI=1S/C28H34F2O/c1-3-5-7-23-8-10-24(11-9-23)20-28(29,30)31-21-25-14-18-27(19-15-25)26-16-12-22(6-4-2)13-17-26/h3-4,6,8-11,14-15,18-19,22,26H,1,5,7,12-13,16-17,20-21H2,2H3. The van der Waals surface area contributed by atoms with E-state index in [1.807, 2.05) is 30.3 Å². The van der Waals surface area contributed by atoms with Crippen LogP contribution in [0.4, 0.5) is 8.78 Å². The highest BCUT2D eigenvalue weighted by Gasteiger charge is 2.30. The van der Waals surface area contributed by atoms with E-state index in [4.69, 9.17) is 4.74 Å². The second-order valence-electron chi connectivity index (χ2n) is 8.63. The maximum Gasteiger partial charge on any atom is 0.360 e. The molecule has 0 aliphatic heterocycles. The molecule has 0 radical (unpaired) electrons. The Bertz CT molecular complexity index is 828. The fraction of sp³-hybridized carbons (Fsp3) is 0.429. The van der Waals surface area contributed by atoms with Gasteiger partial charge in [0.25, 0.3) is 0 Å². The van der Waals surface area contributed by atoms with Crippen LogP contribution in [0.25, 0.3) is 0 Å². The first-order valence-electron chi connectivity index (χ1n) is 11.4. The molecule has 0 heterocycles. The third-order valence-electron chi connectivity index (χ3n) is 6.21. The molecule has 0 saturated heterocycles. The average Bonchev–Trinajstić information content (AvgIpc) is 2.78. The minimum atomic E-state index is -3.19. The number of rotatable bonds is 10. The van der Waals surface area contributed by atoms with Crippen LogP contribution in [0.15, 0.2) is 73.3 Å². The van der Waals surface area contributed by atoms with E-state index in [0.717, 1.165) is 24.0 Å². The van der Waals surface area contributed by atoms with Crippen molar-refractivity contribution >= 4 is 0 Å². The summed E-state index contributed by atoms with van der Waals surface area (Å²) < 4.78 is 33.6. The van der Waals surface area contributed by atoms with Crippen molar-refractivity contribution in [1.29, 1.82) is 0 Å². The molecule has 1 nitrogen and oxygen atoms in total. The van der Waals surface area contributed by atoms with Gasteiger partial charge in [-0.2, -0.15) is 8.78 Å². The lowest BCUT2D eigenvalue weighted by Gasteiger charge is -2.27. The summed E-state index contributed by atoms with van der Waals surface area (Å²) in [5, 5.41) is 0. The lowest BCUT2D eigenvalue weighted by atomic mass is 9.78. The first-order valence-corrected chi connectivity index (χ1v) is 11.4. The summed E-state index contributed by atoms with van der Waals surface area (Å²) in [6, 6.07) is 15.3. The van der Waals surface area contributed by atoms with E-state index in [2.05, 4.69) is 37.8 Å². The van der Waals surface area contributed by atoms with E-state index in [1.54, 1.807) is 12.1 Å². The van der Waals surface area contributed by atoms with Crippen LogP contribution >= 0.6 is 0 Å². The fourth-order valence-electron chi connectivity index (χ4n) is 4.37. The van der Waals surface area contributed by atoms with Gasteiger partial charge in [0.2, 0.25) is 0 Å². The number of hydrogen-bond acceptors (Lipinski definition) is 1. The van der Waals surface area contributed by atoms with Gasteiger partial charge in [0.15, 0.2) is 0 Å². The first-order chi connectivity index (χ1) is 15.0. The number of ether oxygens (including phenoxy) is 1. The zero-order chi connectivity index (χ0) is 22.1. The molecule has 1 fully saturated rings. The summed E-state index contributed by atoms with van der Waals surface area (Å²) in [5.41, 5.74) is 3.80. The Morgan fingerprint density at radius 1 is 0.935 bits per heavy atom. The molecule has 0 spiro atoms. The number of benzene rings is 2. The molecule has 1 aliphatic rings. The van der Waals surface area contributed by atoms with Crippen molar-refractivity contribution in [2.75, 3.05) is 0 Å². The van der Waals surface area contributed by atoms with Gasteiger partial charge < -0.3 is 4.74 Å². The van der Waals surface area contributed by atoms with Gasteiger partial charge in [-0.05, 0) is 79.5 Å². The van der Waals surface area contributed by atoms with E-state index in [9.17, 15) is 8.78 Å². The molecule has 3 heteroatoms. The Hall–Kier alpha value is -2.26. The monoisotopic (exact) mass is 424 g/mol. The van der Waals surface area contributed by atoms with Crippen LogP contribution in [-0.2, 0) is 24.2 Å². The average molecular weight is 425 g/mol. The summed E-state index contributed by atoms with van der Waals surface area (Å²) >= 11 is 0. The van der Waals surface area contributed by atoms with Crippen LogP contribution in [0.5, 0.6) is 0 Å². The van der Waals surface area contributed by atoms with Crippen LogP contribution in [0, 0.1) is 5.92 Å². The maximum absolute atomic E-state index is 14.3. The van der Waals surface area contributed by atoms with Crippen molar-refractivity contribution in [2.45, 2.75) is 70.5 Å². The zero-order valence-corrected chi connectivity index (χ0v) is 18.5. The molecule has 0 atom stereocenters. The molecule has 0 unspecified atom stereocenters. The second-order valence-corrected chi connectivity index (χ2v) is 8.63. The highest BCUT2D eigenvalue weighted by atomic mass is 19.3. The first kappa shape index (κ1) is 23.4. The van der Waals surface area contributed by atoms with Crippen molar-refractivity contribution in [3.8, 4) is 0 Å². The molecule has 1 aliphatic carbocycles. The van der Waals surface area contributed by atoms with Crippen molar-refractivity contribution in [3.05, 3.63) is 95.6 Å². The van der Waals surface area contributed by atoms with Crippen LogP contribution in [0.3, 0.4) is 0 Å². The molecule has 166 valence electrons. The molecular formula is C28H34F2O. The van der Waals surface area contributed by atoms with Crippen molar-refractivity contribution in [1.82, 2.24) is 0 Å². The molecule has 31 heavy (non-hydrogen) atoms. The van der Waals surface area contributed by atoms with Gasteiger partial charge in [-0.15, -0.1) is 6.58 Å². The van der Waals surface area contributed by atoms with Gasteiger partial charge in [0.05, 0.1) is 13.0 Å². The Morgan fingerprint density at radius 2 is 1.55 bits per heavy atom. The molecule has 2 aromatic rings. The molecule has 0 aromatic heterocycles. The molecule has 2 aromatic carbocycles. The topological polar surface area (TPSA) is 9.23 Å². The molecule has 0 N–H and O–H groups in total. The number of alkyl halides is 2. The lowest BCUT2D eigenvalue weighted by molar-refractivity contribution is -0.244. The highest BCUT2D eigenvalue weighted by Crippen LogP contribution is 2.36. The third kappa shape index (κ3) is 7.43. The third-order valence-corrected chi connectivity index (χ3v) is 6.21. The summed E-state index contributed by atoms with van der Waals surface area (Å²) in [4.78, 5) is 0. The van der Waals surface area contributed by atoms with Gasteiger partial charge in [-0.25, -0.2) is 0 Å². The number of allylic oxidation sites excluding steroid dienone is 3. The Labute approximate surface area is 185 Å². The molecule has 1 saturated carbocycles. The van der Waals surface area contributed by atoms with Gasteiger partial charge in [-0.1, -0.05) is 66.8 Å². The van der Waals surface area contributed by atoms with Crippen LogP contribution in [0.2, 0.25) is 0 Å². The smallest absolute Gasteiger partial charge is 0.315 e. The molecule has 0 bridgehead atoms. The number of halogens is 2. The Kier molecular flexibility index (Phi) is 8.60. The van der Waals surface area contributed by atoms with Gasteiger partial charge in [0, 0.05) is 0 Å². The predicted molar refractivity (Wildman–Crippen MR) is 124 cm³/mol. The number of aryl methyl sites for hydroxylation is 1. The van der Waals surface area contributed by atoms with Gasteiger partial charge in [-0.3, -0.25) is 0 Å². The Morgan fingerprint density at radius 3 is 2.16 bits per heavy atom. The van der Waals surface area contributed by atoms with Crippen molar-refractivity contribution < 1.29 is 13.5 Å². The van der Waals surface area contributed by atoms with Gasteiger partial charge in [0.1, 0.15) is 0 Å². The van der Waals surface area contributed by atoms with Crippen LogP contribution < -0.4 is 0 Å².